The molecule has 13 heteroatoms. The zero-order chi connectivity index (χ0) is 27.2. The van der Waals surface area contributed by atoms with E-state index in [1.165, 1.54) is 5.56 Å². The maximum Gasteiger partial charge on any atom is 0.255 e. The van der Waals surface area contributed by atoms with Gasteiger partial charge < -0.3 is 19.2 Å². The van der Waals surface area contributed by atoms with Crippen LogP contribution in [0.4, 0.5) is 0 Å². The first-order chi connectivity index (χ1) is 18.0. The summed E-state index contributed by atoms with van der Waals surface area (Å²) >= 11 is 0. The van der Waals surface area contributed by atoms with Crippen molar-refractivity contribution in [2.45, 2.75) is 36.2 Å². The quantitative estimate of drug-likeness (QED) is 0.405. The summed E-state index contributed by atoms with van der Waals surface area (Å²) in [6, 6.07) is 11.6. The van der Waals surface area contributed by atoms with Gasteiger partial charge in [-0.25, -0.2) is 0 Å². The fourth-order valence-corrected chi connectivity index (χ4v) is 5.03. The number of benzene rings is 2. The van der Waals surface area contributed by atoms with Gasteiger partial charge in [0, 0.05) is 30.8 Å². The van der Waals surface area contributed by atoms with Crippen molar-refractivity contribution in [2.75, 3.05) is 26.3 Å². The van der Waals surface area contributed by atoms with Crippen LogP contribution in [-0.2, 0) is 34.0 Å². The number of piperidine rings is 1. The molecule has 0 spiro atoms. The van der Waals surface area contributed by atoms with Crippen molar-refractivity contribution in [3.05, 3.63) is 64.7 Å². The van der Waals surface area contributed by atoms with Crippen LogP contribution >= 0.6 is 0 Å². The molecule has 2 fully saturated rings. The first kappa shape index (κ1) is 26.7. The highest BCUT2D eigenvalue weighted by atomic mass is 16.5. The Bertz CT molecular complexity index is 1270. The molecule has 10 radical (unpaired) electrons. The number of amides is 3. The molecule has 38 heavy (non-hydrogen) atoms. The Morgan fingerprint density at radius 3 is 2.29 bits per heavy atom. The van der Waals surface area contributed by atoms with Crippen LogP contribution in [0, 0.1) is 0 Å². The van der Waals surface area contributed by atoms with E-state index in [2.05, 4.69) is 17.0 Å². The van der Waals surface area contributed by atoms with Gasteiger partial charge in [-0.3, -0.25) is 19.3 Å². The Kier molecular flexibility index (Phi) is 7.03. The van der Waals surface area contributed by atoms with Crippen LogP contribution < -0.4 is 4.74 Å². The second kappa shape index (κ2) is 10.0. The number of fused-ring (bicyclic) bond motifs is 1. The van der Waals surface area contributed by atoms with Crippen LogP contribution in [0.1, 0.15) is 27.0 Å². The van der Waals surface area contributed by atoms with Crippen molar-refractivity contribution in [1.82, 2.24) is 14.6 Å². The molecule has 3 amide bonds. The molecule has 0 aromatic heterocycles. The summed E-state index contributed by atoms with van der Waals surface area (Å²) in [4.78, 5) is 42.4. The molecule has 0 aliphatic carbocycles. The zero-order valence-electron chi connectivity index (χ0n) is 20.8. The minimum atomic E-state index is -2.39. The first-order valence-electron chi connectivity index (χ1n) is 12.2. The maximum absolute atomic E-state index is 13.3. The molecule has 2 saturated heterocycles. The number of carbonyl (C=O) groups is 3. The van der Waals surface area contributed by atoms with Gasteiger partial charge >= 0.3 is 0 Å². The molecule has 0 N–H and O–H groups in total. The molecule has 3 aliphatic rings. The Hall–Kier alpha value is -2.91. The van der Waals surface area contributed by atoms with Gasteiger partial charge in [0.25, 0.3) is 5.91 Å². The lowest BCUT2D eigenvalue weighted by molar-refractivity contribution is -0.147. The first-order valence-corrected chi connectivity index (χ1v) is 12.2. The van der Waals surface area contributed by atoms with Gasteiger partial charge in [0.1, 0.15) is 18.4 Å². The standard InChI is InChI=1S/C25H22B5N3O5/c26-24(27)20(22(35)33(30)23(36)25(24,28)29)32-13-18-17(21(32)34)2-1-3-19(18)38-14-16-6-4-15(5-7-16)12-31-8-10-37-11-9-31/h1-7,20H,8-14H2. The highest BCUT2D eigenvalue weighted by molar-refractivity contribution is 6.65. The van der Waals surface area contributed by atoms with Crippen molar-refractivity contribution in [3.8, 4) is 5.75 Å². The molecule has 8 nitrogen and oxygen atoms in total. The SMILES string of the molecule is [B]N1C(=O)C(N2Cc3c(OCc4ccc(CN5CCOCC5)cc4)cccc3C2=O)C([B])([B])C([B])([B])C1=O. The molecular formula is C25H22B5N3O5. The van der Waals surface area contributed by atoms with Crippen molar-refractivity contribution in [2.24, 2.45) is 0 Å². The fourth-order valence-electron chi connectivity index (χ4n) is 5.03. The number of imide groups is 1. The van der Waals surface area contributed by atoms with Gasteiger partial charge in [-0.05, 0) is 28.5 Å². The maximum atomic E-state index is 13.3. The lowest BCUT2D eigenvalue weighted by Crippen LogP contribution is -2.67. The largest absolute Gasteiger partial charge is 0.489 e. The van der Waals surface area contributed by atoms with Gasteiger partial charge in [0.2, 0.25) is 19.8 Å². The number of ether oxygens (including phenoxy) is 2. The second-order valence-corrected chi connectivity index (χ2v) is 9.93. The van der Waals surface area contributed by atoms with Gasteiger partial charge in [-0.2, -0.15) is 0 Å². The summed E-state index contributed by atoms with van der Waals surface area (Å²) in [6.07, 6.45) is 0. The molecular weight excluding hydrogens is 476 g/mol. The summed E-state index contributed by atoms with van der Waals surface area (Å²) in [6.45, 7) is 4.40. The van der Waals surface area contributed by atoms with Crippen LogP contribution in [0.5, 0.6) is 5.75 Å². The normalized spacial score (nSPS) is 22.9. The van der Waals surface area contributed by atoms with Crippen molar-refractivity contribution < 1.29 is 23.9 Å². The third-order valence-electron chi connectivity index (χ3n) is 7.40. The van der Waals surface area contributed by atoms with E-state index in [-0.39, 0.29) is 18.0 Å². The van der Waals surface area contributed by atoms with Crippen LogP contribution in [0.15, 0.2) is 42.5 Å². The summed E-state index contributed by atoms with van der Waals surface area (Å²) in [5.74, 6) is -2.19. The third-order valence-corrected chi connectivity index (χ3v) is 7.40. The second-order valence-electron chi connectivity index (χ2n) is 9.93. The van der Waals surface area contributed by atoms with Crippen LogP contribution in [0.25, 0.3) is 0 Å². The highest BCUT2D eigenvalue weighted by Gasteiger charge is 2.58. The van der Waals surface area contributed by atoms with Gasteiger partial charge in [0.05, 0.1) is 51.1 Å². The Labute approximate surface area is 228 Å². The molecule has 1 unspecified atom stereocenters. The Morgan fingerprint density at radius 2 is 1.61 bits per heavy atom. The van der Waals surface area contributed by atoms with Crippen molar-refractivity contribution >= 4 is 57.1 Å². The number of rotatable bonds is 6. The fraction of sp³-hybridized carbons (Fsp3) is 0.400. The molecule has 0 saturated carbocycles. The lowest BCUT2D eigenvalue weighted by Gasteiger charge is -2.55. The number of morpholine rings is 1. The van der Waals surface area contributed by atoms with E-state index in [0.717, 1.165) is 43.3 Å². The van der Waals surface area contributed by atoms with E-state index in [1.54, 1.807) is 18.2 Å². The van der Waals surface area contributed by atoms with Gasteiger partial charge in [-0.15, -0.1) is 0 Å². The summed E-state index contributed by atoms with van der Waals surface area (Å²) in [5, 5.41) is -4.67. The molecule has 1 atom stereocenters. The Morgan fingerprint density at radius 1 is 0.947 bits per heavy atom. The summed E-state index contributed by atoms with van der Waals surface area (Å²) in [5.41, 5.74) is 3.01. The van der Waals surface area contributed by atoms with Gasteiger partial charge in [0.15, 0.2) is 0 Å². The van der Waals surface area contributed by atoms with E-state index in [9.17, 15) is 14.4 Å². The topological polar surface area (TPSA) is 79.4 Å². The lowest BCUT2D eigenvalue weighted by atomic mass is 9.26. The monoisotopic (exact) mass is 499 g/mol. The van der Waals surface area contributed by atoms with Crippen LogP contribution in [0.3, 0.4) is 0 Å². The highest BCUT2D eigenvalue weighted by Crippen LogP contribution is 2.52. The average Bonchev–Trinajstić information content (AvgIpc) is 3.23. The third kappa shape index (κ3) is 4.49. The molecule has 5 rings (SSSR count). The molecule has 2 aromatic rings. The van der Waals surface area contributed by atoms with E-state index < -0.39 is 34.2 Å². The summed E-state index contributed by atoms with van der Waals surface area (Å²) < 4.78 is 11.5. The minimum absolute atomic E-state index is 0.0620. The number of carbonyl (C=O) groups excluding carboxylic acids is 3. The minimum Gasteiger partial charge on any atom is -0.489 e. The number of nitrogens with zero attached hydrogens (tertiary/aromatic N) is 3. The number of hydrogen-bond donors (Lipinski definition) is 0. The zero-order valence-corrected chi connectivity index (χ0v) is 20.8. The molecule has 2 aromatic carbocycles. The van der Waals surface area contributed by atoms with Crippen LogP contribution in [-0.4, -0.2) is 104 Å². The number of hydrogen-bond acceptors (Lipinski definition) is 6. The molecule has 3 heterocycles. The van der Waals surface area contributed by atoms with Crippen molar-refractivity contribution in [1.29, 1.82) is 0 Å². The molecule has 0 bridgehead atoms. The predicted molar refractivity (Wildman–Crippen MR) is 143 cm³/mol. The van der Waals surface area contributed by atoms with Gasteiger partial charge in [-0.1, -0.05) is 35.5 Å². The van der Waals surface area contributed by atoms with Crippen LogP contribution in [0.2, 0.25) is 10.4 Å². The van der Waals surface area contributed by atoms with Crippen molar-refractivity contribution in [3.63, 3.8) is 0 Å². The predicted octanol–water partition coefficient (Wildman–Crippen LogP) is -0.219. The summed E-state index contributed by atoms with van der Waals surface area (Å²) in [7, 11) is 29.7. The molecule has 3 aliphatic heterocycles. The Balaban J connectivity index is 1.31. The smallest absolute Gasteiger partial charge is 0.255 e. The average molecular weight is 499 g/mol. The molecule has 182 valence electrons. The van der Waals surface area contributed by atoms with E-state index >= 15 is 0 Å². The van der Waals surface area contributed by atoms with E-state index in [4.69, 9.17) is 48.8 Å². The van der Waals surface area contributed by atoms with E-state index in [0.29, 0.717) is 16.9 Å². The van der Waals surface area contributed by atoms with E-state index in [1.807, 2.05) is 12.1 Å².